The van der Waals surface area contributed by atoms with Crippen LogP contribution >= 0.6 is 0 Å². The van der Waals surface area contributed by atoms with Crippen LogP contribution in [0.5, 0.6) is 5.75 Å². The van der Waals surface area contributed by atoms with Gasteiger partial charge in [0, 0.05) is 24.2 Å². The number of hydrogen-bond acceptors (Lipinski definition) is 9. The number of benzene rings is 1. The van der Waals surface area contributed by atoms with Crippen LogP contribution < -0.4 is 15.4 Å². The number of likely N-dealkylation sites (N-methyl/N-ethyl adjacent to an activating group) is 1. The SMILES string of the molecule is CNCC(O)COc1cccc(-c2nc(NCC3CCN(CC(F)F)CC3)c(C)c(-c3c(C)noc3C)n2)c1. The summed E-state index contributed by atoms with van der Waals surface area (Å²) in [5.41, 5.74) is 3.97. The molecule has 1 aromatic carbocycles. The van der Waals surface area contributed by atoms with Crippen molar-refractivity contribution in [2.24, 2.45) is 5.92 Å². The lowest BCUT2D eigenvalue weighted by atomic mass is 9.96. The number of aliphatic hydroxyl groups is 1. The van der Waals surface area contributed by atoms with E-state index in [1.165, 1.54) is 0 Å². The van der Waals surface area contributed by atoms with Crippen LogP contribution in [-0.4, -0.2) is 84.0 Å². The molecule has 0 saturated carbocycles. The fraction of sp³-hybridized carbons (Fsp3) is 0.536. The number of aryl methyl sites for hydroxylation is 2. The Balaban J connectivity index is 1.59. The molecule has 1 atom stereocenters. The van der Waals surface area contributed by atoms with E-state index in [4.69, 9.17) is 19.2 Å². The number of anilines is 1. The molecule has 1 unspecified atom stereocenters. The van der Waals surface area contributed by atoms with Gasteiger partial charge in [0.15, 0.2) is 5.82 Å². The van der Waals surface area contributed by atoms with Crippen molar-refractivity contribution in [3.63, 3.8) is 0 Å². The summed E-state index contributed by atoms with van der Waals surface area (Å²) < 4.78 is 36.7. The Labute approximate surface area is 228 Å². The molecule has 0 bridgehead atoms. The first-order valence-corrected chi connectivity index (χ1v) is 13.4. The first kappa shape index (κ1) is 28.8. The molecule has 3 N–H and O–H groups in total. The molecule has 2 aromatic heterocycles. The van der Waals surface area contributed by atoms with Gasteiger partial charge in [0.05, 0.1) is 23.5 Å². The highest BCUT2D eigenvalue weighted by Gasteiger charge is 2.24. The van der Waals surface area contributed by atoms with Gasteiger partial charge in [-0.1, -0.05) is 17.3 Å². The summed E-state index contributed by atoms with van der Waals surface area (Å²) in [5, 5.41) is 20.6. The summed E-state index contributed by atoms with van der Waals surface area (Å²) in [6, 6.07) is 7.48. The van der Waals surface area contributed by atoms with E-state index < -0.39 is 12.5 Å². The van der Waals surface area contributed by atoms with Crippen LogP contribution in [0.15, 0.2) is 28.8 Å². The van der Waals surface area contributed by atoms with Crippen LogP contribution in [0.1, 0.15) is 29.9 Å². The number of aromatic nitrogens is 3. The Hall–Kier alpha value is -3.15. The quantitative estimate of drug-likeness (QED) is 0.311. The molecular weight excluding hydrogens is 506 g/mol. The van der Waals surface area contributed by atoms with E-state index >= 15 is 0 Å². The van der Waals surface area contributed by atoms with Gasteiger partial charge in [-0.15, -0.1) is 0 Å². The van der Waals surface area contributed by atoms with E-state index in [1.807, 2.05) is 49.9 Å². The maximum absolute atomic E-state index is 12.8. The zero-order chi connectivity index (χ0) is 27.9. The predicted molar refractivity (Wildman–Crippen MR) is 146 cm³/mol. The number of likely N-dealkylation sites (tertiary alicyclic amines) is 1. The number of piperidine rings is 1. The van der Waals surface area contributed by atoms with E-state index in [1.54, 1.807) is 7.05 Å². The highest BCUT2D eigenvalue weighted by molar-refractivity contribution is 5.74. The van der Waals surface area contributed by atoms with Crippen molar-refractivity contribution in [3.8, 4) is 28.4 Å². The van der Waals surface area contributed by atoms with Crippen molar-refractivity contribution in [3.05, 3.63) is 41.3 Å². The minimum Gasteiger partial charge on any atom is -0.491 e. The van der Waals surface area contributed by atoms with Gasteiger partial charge in [-0.2, -0.15) is 0 Å². The molecule has 1 aliphatic rings. The molecule has 9 nitrogen and oxygen atoms in total. The molecule has 1 aliphatic heterocycles. The molecule has 11 heteroatoms. The predicted octanol–water partition coefficient (Wildman–Crippen LogP) is 4.07. The lowest BCUT2D eigenvalue weighted by Gasteiger charge is -2.31. The third-order valence-corrected chi connectivity index (χ3v) is 7.05. The minimum atomic E-state index is -2.30. The maximum Gasteiger partial charge on any atom is 0.251 e. The Kier molecular flexibility index (Phi) is 9.82. The van der Waals surface area contributed by atoms with E-state index in [0.717, 1.165) is 40.9 Å². The Bertz CT molecular complexity index is 1210. The van der Waals surface area contributed by atoms with E-state index in [9.17, 15) is 13.9 Å². The van der Waals surface area contributed by atoms with Gasteiger partial charge in [0.25, 0.3) is 6.43 Å². The summed E-state index contributed by atoms with van der Waals surface area (Å²) >= 11 is 0. The van der Waals surface area contributed by atoms with Gasteiger partial charge in [-0.3, -0.25) is 4.90 Å². The largest absolute Gasteiger partial charge is 0.491 e. The molecule has 1 fully saturated rings. The standard InChI is InChI=1S/C28H38F2N6O3/c1-17-26(25-18(2)35-39-19(25)3)33-28(21-6-5-7-23(12-21)38-16-22(37)14-31-4)34-27(17)32-13-20-8-10-36(11-9-20)15-24(29)30/h5-7,12,20,22,24,31,37H,8-11,13-16H2,1-4H3,(H,32,33,34). The number of nitrogens with one attached hydrogen (secondary N) is 2. The van der Waals surface area contributed by atoms with Crippen LogP contribution in [0.25, 0.3) is 22.6 Å². The minimum absolute atomic E-state index is 0.159. The first-order valence-electron chi connectivity index (χ1n) is 13.4. The Morgan fingerprint density at radius 2 is 1.95 bits per heavy atom. The number of halogens is 2. The molecule has 4 rings (SSSR count). The molecule has 39 heavy (non-hydrogen) atoms. The molecule has 0 amide bonds. The zero-order valence-electron chi connectivity index (χ0n) is 23.0. The number of rotatable bonds is 12. The summed E-state index contributed by atoms with van der Waals surface area (Å²) in [4.78, 5) is 11.6. The summed E-state index contributed by atoms with van der Waals surface area (Å²) in [6.07, 6.45) is -1.22. The third kappa shape index (κ3) is 7.49. The lowest BCUT2D eigenvalue weighted by molar-refractivity contribution is 0.0703. The summed E-state index contributed by atoms with van der Waals surface area (Å²) in [6.45, 7) is 8.19. The average molecular weight is 545 g/mol. The van der Waals surface area contributed by atoms with Gasteiger partial charge < -0.3 is 25.0 Å². The van der Waals surface area contributed by atoms with Crippen molar-refractivity contribution in [2.75, 3.05) is 51.7 Å². The highest BCUT2D eigenvalue weighted by atomic mass is 19.3. The first-order chi connectivity index (χ1) is 18.7. The van der Waals surface area contributed by atoms with Crippen molar-refractivity contribution in [1.82, 2.24) is 25.3 Å². The zero-order valence-corrected chi connectivity index (χ0v) is 23.0. The van der Waals surface area contributed by atoms with Crippen molar-refractivity contribution in [2.45, 2.75) is 46.1 Å². The maximum atomic E-state index is 12.8. The number of aliphatic hydroxyl groups excluding tert-OH is 1. The van der Waals surface area contributed by atoms with Crippen LogP contribution in [0, 0.1) is 26.7 Å². The molecule has 0 aliphatic carbocycles. The average Bonchev–Trinajstić information content (AvgIpc) is 3.25. The number of nitrogens with zero attached hydrogens (tertiary/aromatic N) is 4. The van der Waals surface area contributed by atoms with Crippen LogP contribution in [0.4, 0.5) is 14.6 Å². The normalized spacial score (nSPS) is 15.6. The van der Waals surface area contributed by atoms with Gasteiger partial charge >= 0.3 is 0 Å². The molecule has 0 radical (unpaired) electrons. The van der Waals surface area contributed by atoms with Crippen LogP contribution in [0.3, 0.4) is 0 Å². The van der Waals surface area contributed by atoms with E-state index in [-0.39, 0.29) is 13.2 Å². The lowest BCUT2D eigenvalue weighted by Crippen LogP contribution is -2.38. The molecule has 3 heterocycles. The van der Waals surface area contributed by atoms with Gasteiger partial charge in [0.1, 0.15) is 30.0 Å². The monoisotopic (exact) mass is 544 g/mol. The number of ether oxygens (including phenoxy) is 1. The van der Waals surface area contributed by atoms with Crippen LogP contribution in [-0.2, 0) is 0 Å². The fourth-order valence-corrected chi connectivity index (χ4v) is 4.90. The molecule has 1 saturated heterocycles. The van der Waals surface area contributed by atoms with E-state index in [0.29, 0.717) is 55.2 Å². The van der Waals surface area contributed by atoms with Crippen molar-refractivity contribution in [1.29, 1.82) is 0 Å². The van der Waals surface area contributed by atoms with Gasteiger partial charge in [-0.25, -0.2) is 18.7 Å². The second-order valence-corrected chi connectivity index (χ2v) is 10.1. The second-order valence-electron chi connectivity index (χ2n) is 10.1. The van der Waals surface area contributed by atoms with Crippen molar-refractivity contribution < 1.29 is 23.1 Å². The van der Waals surface area contributed by atoms with Gasteiger partial charge in [0.2, 0.25) is 0 Å². The topological polar surface area (TPSA) is 109 Å². The Morgan fingerprint density at radius 1 is 1.18 bits per heavy atom. The summed E-state index contributed by atoms with van der Waals surface area (Å²) in [7, 11) is 1.77. The summed E-state index contributed by atoms with van der Waals surface area (Å²) in [5.74, 6) is 2.87. The molecular formula is C28H38F2N6O3. The molecule has 0 spiro atoms. The highest BCUT2D eigenvalue weighted by Crippen LogP contribution is 2.34. The smallest absolute Gasteiger partial charge is 0.251 e. The molecule has 212 valence electrons. The third-order valence-electron chi connectivity index (χ3n) is 7.05. The Morgan fingerprint density at radius 3 is 2.62 bits per heavy atom. The van der Waals surface area contributed by atoms with Crippen molar-refractivity contribution >= 4 is 5.82 Å². The van der Waals surface area contributed by atoms with Gasteiger partial charge in [-0.05, 0) is 71.8 Å². The fourth-order valence-electron chi connectivity index (χ4n) is 4.90. The molecule has 3 aromatic rings. The number of hydrogen-bond donors (Lipinski definition) is 3. The van der Waals surface area contributed by atoms with E-state index in [2.05, 4.69) is 15.8 Å². The number of alkyl halides is 2. The second kappa shape index (κ2) is 13.3. The van der Waals surface area contributed by atoms with Crippen LogP contribution in [0.2, 0.25) is 0 Å².